The Labute approximate surface area is 106 Å². The monoisotopic (exact) mass is 263 g/mol. The predicted octanol–water partition coefficient (Wildman–Crippen LogP) is 1.91. The average molecular weight is 263 g/mol. The van der Waals surface area contributed by atoms with Gasteiger partial charge in [-0.15, -0.1) is 0 Å². The van der Waals surface area contributed by atoms with Crippen LogP contribution < -0.4 is 9.92 Å². The molecule has 18 heavy (non-hydrogen) atoms. The number of hydrogen-bond donors (Lipinski definition) is 1. The Kier molecular flexibility index (Phi) is 3.64. The molecule has 0 fully saturated rings. The quantitative estimate of drug-likeness (QED) is 0.855. The van der Waals surface area contributed by atoms with Gasteiger partial charge in [0.1, 0.15) is 10.6 Å². The molecule has 2 rings (SSSR count). The molecule has 0 saturated carbocycles. The van der Waals surface area contributed by atoms with Gasteiger partial charge in [-0.1, -0.05) is 36.4 Å². The fourth-order valence-electron chi connectivity index (χ4n) is 1.51. The number of nitrogens with two attached hydrogens (primary N) is 1. The van der Waals surface area contributed by atoms with E-state index in [1.807, 2.05) is 0 Å². The highest BCUT2D eigenvalue weighted by Gasteiger charge is 2.17. The van der Waals surface area contributed by atoms with Gasteiger partial charge in [-0.25, -0.2) is 0 Å². The first kappa shape index (κ1) is 12.6. The molecule has 2 aromatic rings. The lowest BCUT2D eigenvalue weighted by atomic mass is 10.2. The summed E-state index contributed by atoms with van der Waals surface area (Å²) in [6.45, 7) is 0.223. The smallest absolute Gasteiger partial charge is 0.339 e. The van der Waals surface area contributed by atoms with E-state index in [4.69, 9.17) is 9.92 Å². The summed E-state index contributed by atoms with van der Waals surface area (Å²) in [5, 5.41) is 0. The molecule has 0 atom stereocenters. The van der Waals surface area contributed by atoms with Gasteiger partial charge < -0.3 is 9.92 Å². The average Bonchev–Trinajstić information content (AvgIpc) is 2.40. The lowest BCUT2D eigenvalue weighted by molar-refractivity contribution is 0.483. The summed E-state index contributed by atoms with van der Waals surface area (Å²) in [4.78, 5) is 0.122. The van der Waals surface area contributed by atoms with Crippen molar-refractivity contribution in [1.29, 1.82) is 0 Å². The topological polar surface area (TPSA) is 69.4 Å². The van der Waals surface area contributed by atoms with Crippen LogP contribution in [0.1, 0.15) is 5.56 Å². The molecule has 0 aliphatic carbocycles. The molecule has 0 aliphatic heterocycles. The molecule has 0 saturated heterocycles. The third kappa shape index (κ3) is 2.69. The molecule has 0 aliphatic rings. The minimum atomic E-state index is -3.80. The van der Waals surface area contributed by atoms with Gasteiger partial charge >= 0.3 is 10.1 Å². The first-order valence-electron chi connectivity index (χ1n) is 5.41. The first-order chi connectivity index (χ1) is 8.63. The Balaban J connectivity index is 2.34. The van der Waals surface area contributed by atoms with Gasteiger partial charge in [0.15, 0.2) is 0 Å². The zero-order valence-corrected chi connectivity index (χ0v) is 10.4. The summed E-state index contributed by atoms with van der Waals surface area (Å²) in [6.07, 6.45) is 0. The Bertz CT molecular complexity index is 624. The van der Waals surface area contributed by atoms with Crippen LogP contribution in [-0.4, -0.2) is 8.42 Å². The zero-order valence-electron chi connectivity index (χ0n) is 9.61. The minimum Gasteiger partial charge on any atom is -0.379 e. The molecule has 5 heteroatoms. The molecule has 94 valence electrons. The van der Waals surface area contributed by atoms with Gasteiger partial charge in [0.2, 0.25) is 0 Å². The van der Waals surface area contributed by atoms with E-state index in [1.54, 1.807) is 42.5 Å². The lowest BCUT2D eigenvalue weighted by Gasteiger charge is -2.10. The van der Waals surface area contributed by atoms with Gasteiger partial charge in [0.25, 0.3) is 0 Å². The van der Waals surface area contributed by atoms with Crippen LogP contribution in [0, 0.1) is 0 Å². The Morgan fingerprint density at radius 2 is 1.56 bits per heavy atom. The van der Waals surface area contributed by atoms with Crippen LogP contribution in [0.3, 0.4) is 0 Å². The summed E-state index contributed by atoms with van der Waals surface area (Å²) >= 11 is 0. The fraction of sp³-hybridized carbons (Fsp3) is 0.0769. The standard InChI is InChI=1S/C13H13NO3S/c14-10-11-6-4-5-9-13(11)17-18(15,16)12-7-2-1-3-8-12/h1-9H,10,14H2. The van der Waals surface area contributed by atoms with Gasteiger partial charge in [-0.05, 0) is 18.2 Å². The van der Waals surface area contributed by atoms with E-state index in [-0.39, 0.29) is 17.2 Å². The van der Waals surface area contributed by atoms with Crippen LogP contribution in [0.4, 0.5) is 0 Å². The lowest BCUT2D eigenvalue weighted by Crippen LogP contribution is -2.11. The van der Waals surface area contributed by atoms with Gasteiger partial charge in [-0.3, -0.25) is 0 Å². The maximum Gasteiger partial charge on any atom is 0.339 e. The Hall–Kier alpha value is -1.85. The molecular formula is C13H13NO3S. The van der Waals surface area contributed by atoms with Crippen molar-refractivity contribution in [3.8, 4) is 5.75 Å². The van der Waals surface area contributed by atoms with Crippen molar-refractivity contribution >= 4 is 10.1 Å². The Morgan fingerprint density at radius 1 is 0.944 bits per heavy atom. The zero-order chi connectivity index (χ0) is 13.0. The first-order valence-corrected chi connectivity index (χ1v) is 6.82. The van der Waals surface area contributed by atoms with Crippen molar-refractivity contribution in [3.63, 3.8) is 0 Å². The minimum absolute atomic E-state index is 0.122. The summed E-state index contributed by atoms with van der Waals surface area (Å²) < 4.78 is 29.1. The van der Waals surface area contributed by atoms with Crippen molar-refractivity contribution in [3.05, 3.63) is 60.2 Å². The molecule has 4 nitrogen and oxygen atoms in total. The highest BCUT2D eigenvalue weighted by molar-refractivity contribution is 7.87. The number of rotatable bonds is 4. The molecule has 0 bridgehead atoms. The second-order valence-corrected chi connectivity index (χ2v) is 5.21. The number of hydrogen-bond acceptors (Lipinski definition) is 4. The van der Waals surface area contributed by atoms with E-state index in [0.717, 1.165) is 0 Å². The predicted molar refractivity (Wildman–Crippen MR) is 68.6 cm³/mol. The summed E-state index contributed by atoms with van der Waals surface area (Å²) in [5.41, 5.74) is 6.18. The normalized spacial score (nSPS) is 11.2. The second-order valence-electron chi connectivity index (χ2n) is 3.66. The fourth-order valence-corrected chi connectivity index (χ4v) is 2.49. The second kappa shape index (κ2) is 5.20. The molecule has 0 unspecified atom stereocenters. The number of benzene rings is 2. The van der Waals surface area contributed by atoms with E-state index in [1.165, 1.54) is 12.1 Å². The third-order valence-electron chi connectivity index (χ3n) is 2.42. The molecule has 0 aromatic heterocycles. The highest BCUT2D eigenvalue weighted by atomic mass is 32.2. The molecule has 0 radical (unpaired) electrons. The molecular weight excluding hydrogens is 250 g/mol. The molecule has 2 N–H and O–H groups in total. The maximum atomic E-state index is 12.0. The third-order valence-corrected chi connectivity index (χ3v) is 3.67. The van der Waals surface area contributed by atoms with Crippen molar-refractivity contribution < 1.29 is 12.6 Å². The van der Waals surface area contributed by atoms with E-state index in [9.17, 15) is 8.42 Å². The SMILES string of the molecule is NCc1ccccc1OS(=O)(=O)c1ccccc1. The van der Waals surface area contributed by atoms with E-state index in [2.05, 4.69) is 0 Å². The van der Waals surface area contributed by atoms with Crippen molar-refractivity contribution in [1.82, 2.24) is 0 Å². The Morgan fingerprint density at radius 3 is 2.22 bits per heavy atom. The molecule has 0 amide bonds. The van der Waals surface area contributed by atoms with E-state index >= 15 is 0 Å². The van der Waals surface area contributed by atoms with Crippen LogP contribution in [0.15, 0.2) is 59.5 Å². The molecule has 0 spiro atoms. The molecule has 0 heterocycles. The van der Waals surface area contributed by atoms with Crippen LogP contribution in [0.5, 0.6) is 5.75 Å². The van der Waals surface area contributed by atoms with Gasteiger partial charge in [0, 0.05) is 12.1 Å². The maximum absolute atomic E-state index is 12.0. The van der Waals surface area contributed by atoms with E-state index < -0.39 is 10.1 Å². The van der Waals surface area contributed by atoms with Crippen molar-refractivity contribution in [2.45, 2.75) is 11.4 Å². The largest absolute Gasteiger partial charge is 0.379 e. The van der Waals surface area contributed by atoms with Crippen LogP contribution >= 0.6 is 0 Å². The van der Waals surface area contributed by atoms with E-state index in [0.29, 0.717) is 5.56 Å². The van der Waals surface area contributed by atoms with Gasteiger partial charge in [0.05, 0.1) is 0 Å². The van der Waals surface area contributed by atoms with Crippen LogP contribution in [0.2, 0.25) is 0 Å². The van der Waals surface area contributed by atoms with Gasteiger partial charge in [-0.2, -0.15) is 8.42 Å². The highest BCUT2D eigenvalue weighted by Crippen LogP contribution is 2.22. The number of para-hydroxylation sites is 1. The summed E-state index contributed by atoms with van der Waals surface area (Å²) in [7, 11) is -3.80. The molecule has 2 aromatic carbocycles. The van der Waals surface area contributed by atoms with Crippen molar-refractivity contribution in [2.75, 3.05) is 0 Å². The summed E-state index contributed by atoms with van der Waals surface area (Å²) in [6, 6.07) is 14.8. The van der Waals surface area contributed by atoms with Crippen LogP contribution in [0.25, 0.3) is 0 Å². The summed E-state index contributed by atoms with van der Waals surface area (Å²) in [5.74, 6) is 0.267. The van der Waals surface area contributed by atoms with Crippen molar-refractivity contribution in [2.24, 2.45) is 5.73 Å². The van der Waals surface area contributed by atoms with Crippen LogP contribution in [-0.2, 0) is 16.7 Å².